The van der Waals surface area contributed by atoms with Crippen LogP contribution in [0.5, 0.6) is 0 Å². The quantitative estimate of drug-likeness (QED) is 0.450. The molecule has 2 aliphatic rings. The smallest absolute Gasteiger partial charge is 0.325 e. The van der Waals surface area contributed by atoms with E-state index < -0.39 is 5.72 Å². The lowest BCUT2D eigenvalue weighted by atomic mass is 10.2. The van der Waals surface area contributed by atoms with Gasteiger partial charge in [0.05, 0.1) is 6.54 Å². The Morgan fingerprint density at radius 1 is 1.80 bits per heavy atom. The number of nitrogens with two attached hydrogens (primary N) is 1. The molecule has 2 bridgehead atoms. The van der Waals surface area contributed by atoms with Gasteiger partial charge in [0.25, 0.3) is 0 Å². The van der Waals surface area contributed by atoms with Crippen LogP contribution in [0.25, 0.3) is 0 Å². The molecule has 2 unspecified atom stereocenters. The molecule has 0 aromatic heterocycles. The first kappa shape index (κ1) is 7.78. The molecule has 2 heterocycles. The molecule has 0 spiro atoms. The van der Waals surface area contributed by atoms with Crippen molar-refractivity contribution in [1.82, 2.24) is 5.32 Å². The lowest BCUT2D eigenvalue weighted by molar-refractivity contribution is -0.152. The van der Waals surface area contributed by atoms with Gasteiger partial charge < -0.3 is 4.74 Å². The number of ether oxygens (including phenoxy) is 1. The molecule has 2 rings (SSSR count). The molecule has 0 aromatic carbocycles. The zero-order valence-corrected chi connectivity index (χ0v) is 6.11. The van der Waals surface area contributed by atoms with Crippen LogP contribution in [0.1, 0.15) is 6.42 Å². The minimum atomic E-state index is -0.679. The maximum Gasteiger partial charge on any atom is 0.325 e. The van der Waals surface area contributed by atoms with E-state index in [0.717, 1.165) is 0 Å². The van der Waals surface area contributed by atoms with Gasteiger partial charge in [-0.15, -0.1) is 12.4 Å². The van der Waals surface area contributed by atoms with Crippen molar-refractivity contribution >= 4 is 18.4 Å². The summed E-state index contributed by atoms with van der Waals surface area (Å²) in [5, 5.41) is 2.95. The summed E-state index contributed by atoms with van der Waals surface area (Å²) in [6, 6.07) is -0.130. The summed E-state index contributed by atoms with van der Waals surface area (Å²) >= 11 is 0. The molecule has 3 N–H and O–H groups in total. The Morgan fingerprint density at radius 3 is 2.70 bits per heavy atom. The van der Waals surface area contributed by atoms with Gasteiger partial charge in [-0.2, -0.15) is 0 Å². The highest BCUT2D eigenvalue weighted by Gasteiger charge is 2.49. The van der Waals surface area contributed by atoms with Gasteiger partial charge in [0.2, 0.25) is 0 Å². The standard InChI is InChI=1S/C5H8N2O2.ClH/c6-5-1-3(7-2-5)4(8)9-5;/h3,7H,1-2,6H2;1H. The molecule has 4 nitrogen and oxygen atoms in total. The first-order valence-electron chi connectivity index (χ1n) is 2.95. The van der Waals surface area contributed by atoms with Crippen LogP contribution >= 0.6 is 12.4 Å². The van der Waals surface area contributed by atoms with Crippen LogP contribution in [-0.2, 0) is 9.53 Å². The first-order valence-corrected chi connectivity index (χ1v) is 2.95. The lowest BCUT2D eigenvalue weighted by Gasteiger charge is -2.20. The van der Waals surface area contributed by atoms with E-state index in [9.17, 15) is 4.79 Å². The number of halogens is 1. The summed E-state index contributed by atoms with van der Waals surface area (Å²) in [5.41, 5.74) is 4.91. The average molecular weight is 165 g/mol. The van der Waals surface area contributed by atoms with Crippen molar-refractivity contribution in [1.29, 1.82) is 0 Å². The van der Waals surface area contributed by atoms with Crippen LogP contribution in [0.4, 0.5) is 0 Å². The highest BCUT2D eigenvalue weighted by atomic mass is 35.5. The van der Waals surface area contributed by atoms with Crippen molar-refractivity contribution in [2.45, 2.75) is 18.2 Å². The van der Waals surface area contributed by atoms with E-state index in [1.54, 1.807) is 0 Å². The molecule has 0 saturated carbocycles. The summed E-state index contributed by atoms with van der Waals surface area (Å²) in [6.45, 7) is 0.601. The Balaban J connectivity index is 0.000000500. The molecular weight excluding hydrogens is 156 g/mol. The normalized spacial score (nSPS) is 42.9. The highest BCUT2D eigenvalue weighted by molar-refractivity contribution is 5.85. The fourth-order valence-electron chi connectivity index (χ4n) is 1.30. The monoisotopic (exact) mass is 164 g/mol. The molecule has 0 aromatic rings. The number of morpholine rings is 1. The van der Waals surface area contributed by atoms with Crippen LogP contribution in [0.2, 0.25) is 0 Å². The number of hydrogen-bond donors (Lipinski definition) is 2. The van der Waals surface area contributed by atoms with E-state index in [0.29, 0.717) is 13.0 Å². The third-order valence-corrected chi connectivity index (χ3v) is 1.79. The topological polar surface area (TPSA) is 64.3 Å². The van der Waals surface area contributed by atoms with E-state index in [1.165, 1.54) is 0 Å². The Bertz CT molecular complexity index is 175. The number of hydrogen-bond acceptors (Lipinski definition) is 4. The number of carbonyl (C=O) groups excluding carboxylic acids is 1. The van der Waals surface area contributed by atoms with Gasteiger partial charge in [0.15, 0.2) is 5.72 Å². The Morgan fingerprint density at radius 2 is 2.50 bits per heavy atom. The fraction of sp³-hybridized carbons (Fsp3) is 0.800. The van der Waals surface area contributed by atoms with Crippen LogP contribution in [0.15, 0.2) is 0 Å². The Hall–Kier alpha value is -0.320. The first-order chi connectivity index (χ1) is 4.20. The largest absolute Gasteiger partial charge is 0.441 e. The van der Waals surface area contributed by atoms with Crippen LogP contribution < -0.4 is 11.1 Å². The highest BCUT2D eigenvalue weighted by Crippen LogP contribution is 2.26. The van der Waals surface area contributed by atoms with Gasteiger partial charge in [0, 0.05) is 6.42 Å². The summed E-state index contributed by atoms with van der Waals surface area (Å²) in [4.78, 5) is 10.7. The third-order valence-electron chi connectivity index (χ3n) is 1.79. The summed E-state index contributed by atoms with van der Waals surface area (Å²) < 4.78 is 4.82. The number of esters is 1. The van der Waals surface area contributed by atoms with E-state index in [1.807, 2.05) is 0 Å². The van der Waals surface area contributed by atoms with E-state index in [2.05, 4.69) is 5.32 Å². The van der Waals surface area contributed by atoms with Crippen molar-refractivity contribution < 1.29 is 9.53 Å². The van der Waals surface area contributed by atoms with Crippen molar-refractivity contribution in [3.8, 4) is 0 Å². The SMILES string of the molecule is Cl.NC12CNC(C1)C(=O)O2. The average Bonchev–Trinajstić information content (AvgIpc) is 2.20. The van der Waals surface area contributed by atoms with Gasteiger partial charge in [-0.3, -0.25) is 15.8 Å². The zero-order valence-electron chi connectivity index (χ0n) is 5.29. The van der Waals surface area contributed by atoms with Gasteiger partial charge in [-0.1, -0.05) is 0 Å². The zero-order chi connectivity index (χ0) is 6.48. The van der Waals surface area contributed by atoms with Crippen molar-refractivity contribution in [3.05, 3.63) is 0 Å². The van der Waals surface area contributed by atoms with Crippen LogP contribution in [0.3, 0.4) is 0 Å². The molecule has 0 aliphatic carbocycles. The molecule has 10 heavy (non-hydrogen) atoms. The van der Waals surface area contributed by atoms with Crippen LogP contribution in [0, 0.1) is 0 Å². The van der Waals surface area contributed by atoms with Gasteiger partial charge >= 0.3 is 5.97 Å². The number of nitrogens with one attached hydrogen (secondary N) is 1. The molecule has 2 saturated heterocycles. The van der Waals surface area contributed by atoms with Gasteiger partial charge in [-0.25, -0.2) is 0 Å². The minimum Gasteiger partial charge on any atom is -0.441 e. The number of rotatable bonds is 0. The maximum absolute atomic E-state index is 10.7. The predicted molar refractivity (Wildman–Crippen MR) is 36.7 cm³/mol. The lowest BCUT2D eigenvalue weighted by Crippen LogP contribution is -2.48. The van der Waals surface area contributed by atoms with Gasteiger partial charge in [0.1, 0.15) is 6.04 Å². The van der Waals surface area contributed by atoms with E-state index in [4.69, 9.17) is 10.5 Å². The number of carbonyl (C=O) groups is 1. The van der Waals surface area contributed by atoms with Crippen molar-refractivity contribution in [2.75, 3.05) is 6.54 Å². The second-order valence-electron chi connectivity index (χ2n) is 2.62. The van der Waals surface area contributed by atoms with Crippen molar-refractivity contribution in [2.24, 2.45) is 5.73 Å². The summed E-state index contributed by atoms with van der Waals surface area (Å²) in [7, 11) is 0. The maximum atomic E-state index is 10.7. The van der Waals surface area contributed by atoms with Gasteiger partial charge in [-0.05, 0) is 0 Å². The molecular formula is C5H9ClN2O2. The Kier molecular flexibility index (Phi) is 1.62. The summed E-state index contributed by atoms with van der Waals surface area (Å²) in [5.74, 6) is -0.205. The third kappa shape index (κ3) is 0.885. The molecule has 0 radical (unpaired) electrons. The predicted octanol–water partition coefficient (Wildman–Crippen LogP) is -1.02. The fourth-order valence-corrected chi connectivity index (χ4v) is 1.30. The van der Waals surface area contributed by atoms with E-state index >= 15 is 0 Å². The molecule has 0 amide bonds. The van der Waals surface area contributed by atoms with Crippen molar-refractivity contribution in [3.63, 3.8) is 0 Å². The molecule has 2 atom stereocenters. The summed E-state index contributed by atoms with van der Waals surface area (Å²) in [6.07, 6.45) is 0.631. The molecule has 5 heteroatoms. The molecule has 58 valence electrons. The van der Waals surface area contributed by atoms with Crippen LogP contribution in [-0.4, -0.2) is 24.3 Å². The minimum absolute atomic E-state index is 0. The Labute approximate surface area is 64.5 Å². The second-order valence-corrected chi connectivity index (χ2v) is 2.62. The number of fused-ring (bicyclic) bond motifs is 2. The second kappa shape index (κ2) is 2.08. The van der Waals surface area contributed by atoms with E-state index in [-0.39, 0.29) is 24.4 Å². The molecule has 2 aliphatic heterocycles. The molecule has 2 fully saturated rings.